The minimum absolute atomic E-state index is 0.177. The van der Waals surface area contributed by atoms with Crippen molar-refractivity contribution in [2.75, 3.05) is 6.61 Å². The number of rotatable bonds is 6. The molecule has 0 amide bonds. The van der Waals surface area contributed by atoms with Crippen LogP contribution in [0, 0.1) is 0 Å². The average molecular weight is 194 g/mol. The minimum atomic E-state index is -0.177. The minimum Gasteiger partial charge on any atom is -0.424 e. The topological polar surface area (TPSA) is 9.23 Å². The molecule has 0 N–H and O–H groups in total. The van der Waals surface area contributed by atoms with E-state index in [2.05, 4.69) is 36.9 Å². The Hall–Kier alpha value is -0.603. The van der Waals surface area contributed by atoms with Crippen molar-refractivity contribution in [3.63, 3.8) is 0 Å². The van der Waals surface area contributed by atoms with Crippen molar-refractivity contribution >= 4 is 9.76 Å². The van der Waals surface area contributed by atoms with Crippen LogP contribution in [-0.4, -0.2) is 16.4 Å². The molecule has 0 saturated carbocycles. The normalized spacial score (nSPS) is 11.2. The molecule has 13 heavy (non-hydrogen) atoms. The predicted octanol–water partition coefficient (Wildman–Crippen LogP) is 2.16. The summed E-state index contributed by atoms with van der Waals surface area (Å²) in [7, 11) is -0.177. The van der Waals surface area contributed by atoms with Crippen LogP contribution < -0.4 is 0 Å². The molecule has 0 aliphatic heterocycles. The van der Waals surface area contributed by atoms with Crippen LogP contribution >= 0.6 is 0 Å². The lowest BCUT2D eigenvalue weighted by atomic mass is 10.1. The molecule has 1 aromatic carbocycles. The van der Waals surface area contributed by atoms with Gasteiger partial charge in [-0.1, -0.05) is 36.9 Å². The highest BCUT2D eigenvalue weighted by atomic mass is 28.2. The van der Waals surface area contributed by atoms with Crippen LogP contribution in [0.2, 0.25) is 6.55 Å². The quantitative estimate of drug-likeness (QED) is 0.498. The highest BCUT2D eigenvalue weighted by molar-refractivity contribution is 6.24. The van der Waals surface area contributed by atoms with E-state index in [1.807, 2.05) is 0 Å². The molecule has 72 valence electrons. The van der Waals surface area contributed by atoms with Gasteiger partial charge in [0.1, 0.15) is 0 Å². The summed E-state index contributed by atoms with van der Waals surface area (Å²) < 4.78 is 5.41. The Morgan fingerprint density at radius 1 is 1.15 bits per heavy atom. The van der Waals surface area contributed by atoms with Gasteiger partial charge in [0.05, 0.1) is 0 Å². The molecule has 0 aromatic heterocycles. The van der Waals surface area contributed by atoms with Crippen molar-refractivity contribution in [3.8, 4) is 0 Å². The maximum atomic E-state index is 5.41. The Labute approximate surface area is 83.1 Å². The number of hydrogen-bond donors (Lipinski definition) is 0. The van der Waals surface area contributed by atoms with Gasteiger partial charge < -0.3 is 4.43 Å². The summed E-state index contributed by atoms with van der Waals surface area (Å²) in [6, 6.07) is 10.6. The molecule has 2 heteroatoms. The summed E-state index contributed by atoms with van der Waals surface area (Å²) in [6.07, 6.45) is 3.64. The van der Waals surface area contributed by atoms with Crippen LogP contribution in [0.4, 0.5) is 0 Å². The maximum Gasteiger partial charge on any atom is 0.158 e. The maximum absolute atomic E-state index is 5.41. The molecule has 0 bridgehead atoms. The van der Waals surface area contributed by atoms with Gasteiger partial charge in [0, 0.05) is 6.61 Å². The van der Waals surface area contributed by atoms with E-state index in [9.17, 15) is 0 Å². The molecule has 0 fully saturated rings. The van der Waals surface area contributed by atoms with Crippen molar-refractivity contribution in [3.05, 3.63) is 35.9 Å². The molecule has 0 saturated heterocycles. The Morgan fingerprint density at radius 3 is 2.62 bits per heavy atom. The van der Waals surface area contributed by atoms with Crippen LogP contribution in [0.25, 0.3) is 0 Å². The van der Waals surface area contributed by atoms with Crippen LogP contribution in [0.3, 0.4) is 0 Å². The first kappa shape index (κ1) is 10.5. The number of benzene rings is 1. The summed E-state index contributed by atoms with van der Waals surface area (Å²) in [5.74, 6) is 0. The largest absolute Gasteiger partial charge is 0.424 e. The lowest BCUT2D eigenvalue weighted by Crippen LogP contribution is -1.96. The van der Waals surface area contributed by atoms with Crippen molar-refractivity contribution in [1.29, 1.82) is 0 Å². The van der Waals surface area contributed by atoms with E-state index < -0.39 is 0 Å². The Bertz CT molecular complexity index is 211. The summed E-state index contributed by atoms with van der Waals surface area (Å²) in [5, 5.41) is 0. The van der Waals surface area contributed by atoms with Crippen LogP contribution in [0.5, 0.6) is 0 Å². The van der Waals surface area contributed by atoms with Gasteiger partial charge in [-0.2, -0.15) is 0 Å². The van der Waals surface area contributed by atoms with Gasteiger partial charge in [0.15, 0.2) is 9.76 Å². The first-order chi connectivity index (χ1) is 6.43. The number of hydrogen-bond acceptors (Lipinski definition) is 1. The molecule has 0 unspecified atom stereocenters. The molecule has 1 nitrogen and oxygen atoms in total. The van der Waals surface area contributed by atoms with E-state index in [-0.39, 0.29) is 9.76 Å². The van der Waals surface area contributed by atoms with E-state index in [1.54, 1.807) is 0 Å². The Morgan fingerprint density at radius 2 is 1.92 bits per heavy atom. The predicted molar refractivity (Wildman–Crippen MR) is 59.7 cm³/mol. The van der Waals surface area contributed by atoms with Gasteiger partial charge in [-0.3, -0.25) is 0 Å². The van der Waals surface area contributed by atoms with E-state index in [0.29, 0.717) is 0 Å². The molecule has 1 rings (SSSR count). The second-order valence-electron chi connectivity index (χ2n) is 3.14. The molecular formula is C11H18OSi. The van der Waals surface area contributed by atoms with Gasteiger partial charge in [-0.05, 0) is 24.8 Å². The fraction of sp³-hybridized carbons (Fsp3) is 0.455. The van der Waals surface area contributed by atoms with E-state index in [1.165, 1.54) is 24.8 Å². The number of aryl methyl sites for hydroxylation is 1. The van der Waals surface area contributed by atoms with E-state index in [4.69, 9.17) is 4.43 Å². The first-order valence-electron chi connectivity index (χ1n) is 5.05. The first-order valence-corrected chi connectivity index (χ1v) is 7.04. The zero-order chi connectivity index (χ0) is 9.36. The van der Waals surface area contributed by atoms with Gasteiger partial charge in [0.2, 0.25) is 0 Å². The third-order valence-corrected chi connectivity index (χ3v) is 2.75. The summed E-state index contributed by atoms with van der Waals surface area (Å²) >= 11 is 0. The Kier molecular flexibility index (Phi) is 5.53. The fourth-order valence-electron chi connectivity index (χ4n) is 1.32. The van der Waals surface area contributed by atoms with E-state index >= 15 is 0 Å². The second-order valence-corrected chi connectivity index (χ2v) is 4.13. The lowest BCUT2D eigenvalue weighted by molar-refractivity contribution is 0.326. The zero-order valence-corrected chi connectivity index (χ0v) is 9.74. The monoisotopic (exact) mass is 194 g/mol. The second kappa shape index (κ2) is 6.86. The highest BCUT2D eigenvalue weighted by Gasteiger charge is 1.91. The van der Waals surface area contributed by atoms with Gasteiger partial charge >= 0.3 is 0 Å². The molecule has 0 aliphatic rings. The third-order valence-electron chi connectivity index (χ3n) is 2.05. The molecule has 0 heterocycles. The SMILES string of the molecule is C[SiH2]OCCCCc1ccccc1. The molecule has 1 aromatic rings. The summed E-state index contributed by atoms with van der Waals surface area (Å²) in [4.78, 5) is 0. The van der Waals surface area contributed by atoms with Crippen molar-refractivity contribution in [2.45, 2.75) is 25.8 Å². The molecule has 0 radical (unpaired) electrons. The van der Waals surface area contributed by atoms with Crippen molar-refractivity contribution in [2.24, 2.45) is 0 Å². The molecule has 0 atom stereocenters. The molecule has 0 aliphatic carbocycles. The third kappa shape index (κ3) is 4.86. The van der Waals surface area contributed by atoms with Crippen molar-refractivity contribution < 1.29 is 4.43 Å². The van der Waals surface area contributed by atoms with Gasteiger partial charge in [-0.15, -0.1) is 0 Å². The van der Waals surface area contributed by atoms with Gasteiger partial charge in [-0.25, -0.2) is 0 Å². The molecular weight excluding hydrogens is 176 g/mol. The standard InChI is InChI=1S/C11H18OSi/c1-13-12-10-6-5-9-11-7-3-2-4-8-11/h2-4,7-8H,5-6,9-10,13H2,1H3. The zero-order valence-electron chi connectivity index (χ0n) is 8.33. The number of unbranched alkanes of at least 4 members (excludes halogenated alkanes) is 1. The van der Waals surface area contributed by atoms with E-state index in [0.717, 1.165) is 6.61 Å². The van der Waals surface area contributed by atoms with Gasteiger partial charge in [0.25, 0.3) is 0 Å². The van der Waals surface area contributed by atoms with Crippen LogP contribution in [-0.2, 0) is 10.8 Å². The summed E-state index contributed by atoms with van der Waals surface area (Å²) in [6.45, 7) is 3.15. The van der Waals surface area contributed by atoms with Crippen LogP contribution in [0.15, 0.2) is 30.3 Å². The average Bonchev–Trinajstić information content (AvgIpc) is 2.19. The highest BCUT2D eigenvalue weighted by Crippen LogP contribution is 2.04. The Balaban J connectivity index is 2.07. The van der Waals surface area contributed by atoms with Crippen LogP contribution in [0.1, 0.15) is 18.4 Å². The fourth-order valence-corrected chi connectivity index (χ4v) is 1.82. The van der Waals surface area contributed by atoms with Crippen molar-refractivity contribution in [1.82, 2.24) is 0 Å². The molecule has 0 spiro atoms. The smallest absolute Gasteiger partial charge is 0.158 e. The summed E-state index contributed by atoms with van der Waals surface area (Å²) in [5.41, 5.74) is 1.44. The lowest BCUT2D eigenvalue weighted by Gasteiger charge is -2.01.